The van der Waals surface area contributed by atoms with E-state index in [0.29, 0.717) is 17.6 Å². The summed E-state index contributed by atoms with van der Waals surface area (Å²) in [7, 11) is 0. The van der Waals surface area contributed by atoms with Crippen LogP contribution in [0.1, 0.15) is 10.4 Å². The molecule has 112 valence electrons. The SMILES string of the molecule is Clc1ncc(CNc2ccc(OCc3ccccc3)cc2)s1. The van der Waals surface area contributed by atoms with E-state index in [2.05, 4.69) is 22.4 Å². The van der Waals surface area contributed by atoms with E-state index >= 15 is 0 Å². The third-order valence-electron chi connectivity index (χ3n) is 3.09. The van der Waals surface area contributed by atoms with Gasteiger partial charge >= 0.3 is 0 Å². The van der Waals surface area contributed by atoms with Gasteiger partial charge in [0, 0.05) is 16.8 Å². The Hall–Kier alpha value is -2.04. The van der Waals surface area contributed by atoms with Gasteiger partial charge in [-0.2, -0.15) is 0 Å². The van der Waals surface area contributed by atoms with Gasteiger partial charge in [0.05, 0.1) is 6.54 Å². The highest BCUT2D eigenvalue weighted by Crippen LogP contribution is 2.21. The van der Waals surface area contributed by atoms with Crippen molar-refractivity contribution in [1.29, 1.82) is 0 Å². The molecule has 1 heterocycles. The summed E-state index contributed by atoms with van der Waals surface area (Å²) in [5.41, 5.74) is 2.20. The van der Waals surface area contributed by atoms with Gasteiger partial charge in [-0.3, -0.25) is 0 Å². The smallest absolute Gasteiger partial charge is 0.183 e. The van der Waals surface area contributed by atoms with Crippen LogP contribution in [0, 0.1) is 0 Å². The maximum Gasteiger partial charge on any atom is 0.183 e. The minimum absolute atomic E-state index is 0.571. The first-order valence-corrected chi connectivity index (χ1v) is 8.10. The number of nitrogens with zero attached hydrogens (tertiary/aromatic N) is 1. The lowest BCUT2D eigenvalue weighted by atomic mass is 10.2. The number of thiazole rings is 1. The Morgan fingerprint density at radius 1 is 1.05 bits per heavy atom. The third-order valence-corrected chi connectivity index (χ3v) is 4.21. The molecule has 1 N–H and O–H groups in total. The van der Waals surface area contributed by atoms with Crippen LogP contribution in [-0.2, 0) is 13.2 Å². The average Bonchev–Trinajstić information content (AvgIpc) is 2.98. The molecule has 0 spiro atoms. The van der Waals surface area contributed by atoms with Gasteiger partial charge in [0.2, 0.25) is 0 Å². The van der Waals surface area contributed by atoms with Gasteiger partial charge in [-0.05, 0) is 29.8 Å². The Labute approximate surface area is 138 Å². The minimum Gasteiger partial charge on any atom is -0.489 e. The number of rotatable bonds is 6. The molecule has 0 saturated heterocycles. The lowest BCUT2D eigenvalue weighted by molar-refractivity contribution is 0.306. The van der Waals surface area contributed by atoms with Crippen molar-refractivity contribution >= 4 is 28.6 Å². The maximum absolute atomic E-state index is 5.81. The number of hydrogen-bond donors (Lipinski definition) is 1. The second kappa shape index (κ2) is 7.29. The number of halogens is 1. The number of anilines is 1. The highest BCUT2D eigenvalue weighted by Gasteiger charge is 2.00. The molecule has 5 heteroatoms. The molecule has 1 aromatic heterocycles. The van der Waals surface area contributed by atoms with Crippen LogP contribution in [0.5, 0.6) is 5.75 Å². The fourth-order valence-electron chi connectivity index (χ4n) is 1.96. The first-order chi connectivity index (χ1) is 10.8. The fraction of sp³-hybridized carbons (Fsp3) is 0.118. The largest absolute Gasteiger partial charge is 0.489 e. The lowest BCUT2D eigenvalue weighted by Gasteiger charge is -2.08. The van der Waals surface area contributed by atoms with E-state index in [-0.39, 0.29) is 0 Å². The van der Waals surface area contributed by atoms with Crippen molar-refractivity contribution in [2.75, 3.05) is 5.32 Å². The summed E-state index contributed by atoms with van der Waals surface area (Å²) in [5, 5.41) is 3.33. The van der Waals surface area contributed by atoms with Crippen LogP contribution in [0.3, 0.4) is 0 Å². The zero-order valence-electron chi connectivity index (χ0n) is 11.8. The van der Waals surface area contributed by atoms with Crippen LogP contribution in [0.2, 0.25) is 4.47 Å². The Kier molecular flexibility index (Phi) is 4.93. The number of aromatic nitrogens is 1. The van der Waals surface area contributed by atoms with E-state index in [0.717, 1.165) is 21.9 Å². The number of ether oxygens (including phenoxy) is 1. The van der Waals surface area contributed by atoms with Gasteiger partial charge in [0.15, 0.2) is 4.47 Å². The second-order valence-electron chi connectivity index (χ2n) is 4.73. The molecule has 0 atom stereocenters. The van der Waals surface area contributed by atoms with Crippen LogP contribution in [0.4, 0.5) is 5.69 Å². The molecule has 0 unspecified atom stereocenters. The lowest BCUT2D eigenvalue weighted by Crippen LogP contribution is -1.98. The van der Waals surface area contributed by atoms with E-state index in [1.54, 1.807) is 6.20 Å². The Balaban J connectivity index is 1.51. The van der Waals surface area contributed by atoms with Gasteiger partial charge in [0.1, 0.15) is 12.4 Å². The van der Waals surface area contributed by atoms with Crippen LogP contribution in [-0.4, -0.2) is 4.98 Å². The maximum atomic E-state index is 5.81. The van der Waals surface area contributed by atoms with Crippen molar-refractivity contribution in [2.45, 2.75) is 13.2 Å². The Morgan fingerprint density at radius 2 is 1.82 bits per heavy atom. The highest BCUT2D eigenvalue weighted by atomic mass is 35.5. The predicted octanol–water partition coefficient (Wildman–Crippen LogP) is 4.99. The topological polar surface area (TPSA) is 34.2 Å². The third kappa shape index (κ3) is 4.23. The first-order valence-electron chi connectivity index (χ1n) is 6.90. The van der Waals surface area contributed by atoms with E-state index in [1.807, 2.05) is 42.5 Å². The molecule has 0 saturated carbocycles. The molecule has 0 aliphatic rings. The van der Waals surface area contributed by atoms with Crippen molar-refractivity contribution < 1.29 is 4.74 Å². The molecule has 0 aliphatic heterocycles. The average molecular weight is 331 g/mol. The van der Waals surface area contributed by atoms with Crippen molar-refractivity contribution in [3.05, 3.63) is 75.7 Å². The normalized spacial score (nSPS) is 10.4. The van der Waals surface area contributed by atoms with Crippen LogP contribution in [0.25, 0.3) is 0 Å². The van der Waals surface area contributed by atoms with Crippen molar-refractivity contribution in [3.63, 3.8) is 0 Å². The van der Waals surface area contributed by atoms with Gasteiger partial charge in [-0.1, -0.05) is 41.9 Å². The summed E-state index contributed by atoms with van der Waals surface area (Å²) in [6, 6.07) is 18.1. The molecule has 2 aromatic carbocycles. The predicted molar refractivity (Wildman–Crippen MR) is 91.7 cm³/mol. The summed E-state index contributed by atoms with van der Waals surface area (Å²) in [6.45, 7) is 1.29. The Bertz CT molecular complexity index is 713. The van der Waals surface area contributed by atoms with E-state index in [9.17, 15) is 0 Å². The monoisotopic (exact) mass is 330 g/mol. The van der Waals surface area contributed by atoms with E-state index < -0.39 is 0 Å². The molecule has 0 radical (unpaired) electrons. The van der Waals surface area contributed by atoms with Crippen molar-refractivity contribution in [3.8, 4) is 5.75 Å². The van der Waals surface area contributed by atoms with Crippen molar-refractivity contribution in [2.24, 2.45) is 0 Å². The number of nitrogens with one attached hydrogen (secondary N) is 1. The van der Waals surface area contributed by atoms with Gasteiger partial charge in [-0.15, -0.1) is 11.3 Å². The van der Waals surface area contributed by atoms with Crippen LogP contribution >= 0.6 is 22.9 Å². The molecule has 0 amide bonds. The molecule has 3 aromatic rings. The van der Waals surface area contributed by atoms with Crippen LogP contribution in [0.15, 0.2) is 60.8 Å². The molecular weight excluding hydrogens is 316 g/mol. The van der Waals surface area contributed by atoms with Gasteiger partial charge in [0.25, 0.3) is 0 Å². The molecule has 0 fully saturated rings. The number of hydrogen-bond acceptors (Lipinski definition) is 4. The highest BCUT2D eigenvalue weighted by molar-refractivity contribution is 7.15. The van der Waals surface area contributed by atoms with Gasteiger partial charge < -0.3 is 10.1 Å². The summed E-state index contributed by atoms with van der Waals surface area (Å²) in [6.07, 6.45) is 1.79. The summed E-state index contributed by atoms with van der Waals surface area (Å²) >= 11 is 7.29. The molecular formula is C17H15ClN2OS. The van der Waals surface area contributed by atoms with E-state index in [1.165, 1.54) is 11.3 Å². The summed E-state index contributed by atoms with van der Waals surface area (Å²) in [4.78, 5) is 5.13. The quantitative estimate of drug-likeness (QED) is 0.691. The molecule has 0 bridgehead atoms. The molecule has 3 nitrogen and oxygen atoms in total. The molecule has 22 heavy (non-hydrogen) atoms. The Morgan fingerprint density at radius 3 is 2.50 bits per heavy atom. The summed E-state index contributed by atoms with van der Waals surface area (Å²) < 4.78 is 6.33. The molecule has 0 aliphatic carbocycles. The van der Waals surface area contributed by atoms with Crippen molar-refractivity contribution in [1.82, 2.24) is 4.98 Å². The zero-order chi connectivity index (χ0) is 15.2. The molecule has 3 rings (SSSR count). The second-order valence-corrected chi connectivity index (χ2v) is 6.43. The first kappa shape index (κ1) is 14.9. The van der Waals surface area contributed by atoms with Gasteiger partial charge in [-0.25, -0.2) is 4.98 Å². The van der Waals surface area contributed by atoms with Crippen LogP contribution < -0.4 is 10.1 Å². The number of benzene rings is 2. The van der Waals surface area contributed by atoms with E-state index in [4.69, 9.17) is 16.3 Å². The minimum atomic E-state index is 0.571. The fourth-order valence-corrected chi connectivity index (χ4v) is 2.88. The zero-order valence-corrected chi connectivity index (χ0v) is 13.4. The standard InChI is InChI=1S/C17H15ClN2OS/c18-17-20-11-16(22-17)10-19-14-6-8-15(9-7-14)21-12-13-4-2-1-3-5-13/h1-9,11,19H,10,12H2. The summed E-state index contributed by atoms with van der Waals surface area (Å²) in [5.74, 6) is 0.857.